The molecule has 4 rings (SSSR count). The van der Waals surface area contributed by atoms with Crippen LogP contribution >= 0.6 is 0 Å². The third kappa shape index (κ3) is 7.63. The average molecular weight is 594 g/mol. The fraction of sp³-hybridized carbons (Fsp3) is 0.296. The van der Waals surface area contributed by atoms with Gasteiger partial charge in [-0.2, -0.15) is 13.2 Å². The molecule has 0 radical (unpaired) electrons. The molecule has 1 aromatic heterocycles. The van der Waals surface area contributed by atoms with E-state index in [-0.39, 0.29) is 34.7 Å². The molecule has 1 saturated heterocycles. The van der Waals surface area contributed by atoms with Crippen molar-refractivity contribution in [2.75, 3.05) is 47.1 Å². The molecule has 3 aromatic rings. The van der Waals surface area contributed by atoms with Crippen molar-refractivity contribution < 1.29 is 61.5 Å². The number of fused-ring (bicyclic) bond motifs is 1. The summed E-state index contributed by atoms with van der Waals surface area (Å²) in [6.07, 6.45) is -3.94. The summed E-state index contributed by atoms with van der Waals surface area (Å²) in [7, 11) is 2.88. The molecular formula is C27H25F3N2O10. The van der Waals surface area contributed by atoms with Gasteiger partial charge in [-0.25, -0.2) is 9.59 Å². The van der Waals surface area contributed by atoms with E-state index in [2.05, 4.69) is 4.98 Å². The number of halogens is 3. The second-order valence-electron chi connectivity index (χ2n) is 8.52. The van der Waals surface area contributed by atoms with E-state index in [1.807, 2.05) is 0 Å². The van der Waals surface area contributed by atoms with E-state index in [4.69, 9.17) is 28.8 Å². The smallest absolute Gasteiger partial charge is 0.490 e. The number of hydrogen-bond donors (Lipinski definition) is 2. The highest BCUT2D eigenvalue weighted by molar-refractivity contribution is 6.18. The minimum absolute atomic E-state index is 0.0486. The lowest BCUT2D eigenvalue weighted by atomic mass is 9.99. The molecular weight excluding hydrogens is 569 g/mol. The van der Waals surface area contributed by atoms with Crippen molar-refractivity contribution in [1.29, 1.82) is 0 Å². The summed E-state index contributed by atoms with van der Waals surface area (Å²) in [5.74, 6) is -3.54. The van der Waals surface area contributed by atoms with Crippen LogP contribution in [0.3, 0.4) is 0 Å². The minimum Gasteiger partial charge on any atom is -0.493 e. The fourth-order valence-electron chi connectivity index (χ4n) is 3.83. The number of methoxy groups -OCH3 is 2. The van der Waals surface area contributed by atoms with Crippen molar-refractivity contribution in [3.05, 3.63) is 59.4 Å². The Labute approximate surface area is 236 Å². The normalized spacial score (nSPS) is 13.0. The number of hydrogen-bond acceptors (Lipinski definition) is 9. The van der Waals surface area contributed by atoms with Crippen LogP contribution in [0, 0.1) is 0 Å². The Kier molecular flexibility index (Phi) is 10.3. The van der Waals surface area contributed by atoms with E-state index in [0.29, 0.717) is 48.9 Å². The minimum atomic E-state index is -5.08. The van der Waals surface area contributed by atoms with Gasteiger partial charge in [0.1, 0.15) is 11.4 Å². The molecule has 0 unspecified atom stereocenters. The number of carbonyl (C=O) groups is 4. The number of pyridine rings is 1. The summed E-state index contributed by atoms with van der Waals surface area (Å²) in [5.41, 5.74) is 0.247. The Morgan fingerprint density at radius 3 is 2.12 bits per heavy atom. The predicted octanol–water partition coefficient (Wildman–Crippen LogP) is 3.05. The van der Waals surface area contributed by atoms with Gasteiger partial charge in [0.25, 0.3) is 5.91 Å². The third-order valence-corrected chi connectivity index (χ3v) is 5.90. The number of rotatable bonds is 8. The number of nitrogens with zero attached hydrogens (tertiary/aromatic N) is 2. The zero-order chi connectivity index (χ0) is 31.0. The topological polar surface area (TPSA) is 162 Å². The molecule has 1 amide bonds. The lowest BCUT2D eigenvalue weighted by Crippen LogP contribution is -2.42. The fourth-order valence-corrected chi connectivity index (χ4v) is 3.83. The number of aromatic nitrogens is 1. The number of ketones is 1. The van der Waals surface area contributed by atoms with Gasteiger partial charge in [0.05, 0.1) is 33.0 Å². The van der Waals surface area contributed by atoms with Gasteiger partial charge in [-0.05, 0) is 24.3 Å². The first-order chi connectivity index (χ1) is 19.9. The van der Waals surface area contributed by atoms with Crippen LogP contribution in [-0.4, -0.2) is 97.0 Å². The highest BCUT2D eigenvalue weighted by Crippen LogP contribution is 2.35. The number of carboxylic acid groups (broad SMARTS) is 2. The molecule has 2 heterocycles. The molecule has 2 N–H and O–H groups in total. The second kappa shape index (κ2) is 13.6. The first kappa shape index (κ1) is 31.6. The zero-order valence-electron chi connectivity index (χ0n) is 22.3. The Bertz CT molecular complexity index is 1490. The van der Waals surface area contributed by atoms with Gasteiger partial charge in [-0.15, -0.1) is 0 Å². The lowest BCUT2D eigenvalue weighted by molar-refractivity contribution is -0.192. The summed E-state index contributed by atoms with van der Waals surface area (Å²) < 4.78 is 53.2. The third-order valence-electron chi connectivity index (χ3n) is 5.90. The summed E-state index contributed by atoms with van der Waals surface area (Å²) >= 11 is 0. The van der Waals surface area contributed by atoms with Crippen LogP contribution in [0.25, 0.3) is 10.8 Å². The monoisotopic (exact) mass is 594 g/mol. The van der Waals surface area contributed by atoms with Gasteiger partial charge in [0.2, 0.25) is 5.78 Å². The summed E-state index contributed by atoms with van der Waals surface area (Å²) in [5, 5.41) is 17.3. The van der Waals surface area contributed by atoms with Crippen molar-refractivity contribution in [3.63, 3.8) is 0 Å². The van der Waals surface area contributed by atoms with Crippen LogP contribution in [0.1, 0.15) is 26.4 Å². The largest absolute Gasteiger partial charge is 0.493 e. The number of carbonyl (C=O) groups excluding carboxylic acids is 2. The van der Waals surface area contributed by atoms with Crippen LogP contribution in [0.4, 0.5) is 13.2 Å². The average Bonchev–Trinajstić information content (AvgIpc) is 2.98. The lowest BCUT2D eigenvalue weighted by Gasteiger charge is -2.26. The quantitative estimate of drug-likeness (QED) is 0.369. The molecule has 0 bridgehead atoms. The molecule has 12 nitrogen and oxygen atoms in total. The van der Waals surface area contributed by atoms with Crippen LogP contribution in [0.5, 0.6) is 17.2 Å². The second-order valence-corrected chi connectivity index (χ2v) is 8.52. The maximum Gasteiger partial charge on any atom is 0.490 e. The highest BCUT2D eigenvalue weighted by atomic mass is 19.4. The molecule has 2 aromatic carbocycles. The number of morpholine rings is 1. The van der Waals surface area contributed by atoms with Gasteiger partial charge < -0.3 is 34.1 Å². The first-order valence-electron chi connectivity index (χ1n) is 12.1. The number of aliphatic carboxylic acids is 1. The maximum absolute atomic E-state index is 13.4. The van der Waals surface area contributed by atoms with Gasteiger partial charge in [-0.3, -0.25) is 14.6 Å². The van der Waals surface area contributed by atoms with Crippen LogP contribution in [0.15, 0.2) is 42.6 Å². The molecule has 15 heteroatoms. The van der Waals surface area contributed by atoms with Gasteiger partial charge in [0, 0.05) is 35.6 Å². The SMILES string of the molecule is COc1cc2c(C(=O)O)cnc(C(=O)c3cccc(OCC(=O)N4CCOCC4)c3)c2cc1OC.O=C(O)C(F)(F)F. The van der Waals surface area contributed by atoms with Crippen molar-refractivity contribution >= 4 is 34.4 Å². The Morgan fingerprint density at radius 2 is 1.57 bits per heavy atom. The van der Waals surface area contributed by atoms with Crippen molar-refractivity contribution in [3.8, 4) is 17.2 Å². The van der Waals surface area contributed by atoms with Gasteiger partial charge in [-0.1, -0.05) is 12.1 Å². The molecule has 1 aliphatic rings. The molecule has 0 atom stereocenters. The van der Waals surface area contributed by atoms with Crippen molar-refractivity contribution in [2.45, 2.75) is 6.18 Å². The Morgan fingerprint density at radius 1 is 0.976 bits per heavy atom. The molecule has 42 heavy (non-hydrogen) atoms. The van der Waals surface area contributed by atoms with E-state index in [1.54, 1.807) is 23.1 Å². The van der Waals surface area contributed by atoms with Crippen LogP contribution < -0.4 is 14.2 Å². The number of benzene rings is 2. The van der Waals surface area contributed by atoms with Crippen LogP contribution in [0.2, 0.25) is 0 Å². The molecule has 224 valence electrons. The number of carboxylic acids is 2. The summed E-state index contributed by atoms with van der Waals surface area (Å²) in [6, 6.07) is 9.44. The first-order valence-corrected chi connectivity index (χ1v) is 12.1. The Balaban J connectivity index is 0.000000616. The molecule has 0 aliphatic carbocycles. The summed E-state index contributed by atoms with van der Waals surface area (Å²) in [6.45, 7) is 1.85. The van der Waals surface area contributed by atoms with E-state index in [0.717, 1.165) is 6.20 Å². The molecule has 1 fully saturated rings. The van der Waals surface area contributed by atoms with E-state index in [9.17, 15) is 32.7 Å². The molecule has 0 saturated carbocycles. The van der Waals surface area contributed by atoms with E-state index < -0.39 is 23.9 Å². The number of ether oxygens (including phenoxy) is 4. The number of amides is 1. The van der Waals surface area contributed by atoms with E-state index in [1.165, 1.54) is 32.4 Å². The van der Waals surface area contributed by atoms with Gasteiger partial charge in [0.15, 0.2) is 18.1 Å². The van der Waals surface area contributed by atoms with E-state index >= 15 is 0 Å². The van der Waals surface area contributed by atoms with Crippen molar-refractivity contribution in [1.82, 2.24) is 9.88 Å². The summed E-state index contributed by atoms with van der Waals surface area (Å²) in [4.78, 5) is 52.2. The molecule has 0 spiro atoms. The maximum atomic E-state index is 13.4. The van der Waals surface area contributed by atoms with Crippen LogP contribution in [-0.2, 0) is 14.3 Å². The predicted molar refractivity (Wildman–Crippen MR) is 138 cm³/mol. The zero-order valence-corrected chi connectivity index (χ0v) is 22.3. The van der Waals surface area contributed by atoms with Gasteiger partial charge >= 0.3 is 18.1 Å². The van der Waals surface area contributed by atoms with Crippen molar-refractivity contribution in [2.24, 2.45) is 0 Å². The number of aromatic carboxylic acids is 1. The highest BCUT2D eigenvalue weighted by Gasteiger charge is 2.38. The Hall–Kier alpha value is -4.92. The molecule has 1 aliphatic heterocycles. The standard InChI is InChI=1S/C25H24N2O8.C2HF3O2/c1-32-20-11-17-18(12-21(20)33-2)23(26-13-19(17)25(30)31)24(29)15-4-3-5-16(10-15)35-14-22(28)27-6-8-34-9-7-27;3-2(4,5)1(6)7/h3-5,10-13H,6-9,14H2,1-2H3,(H,30,31);(H,6,7). The number of alkyl halides is 3.